The zero-order chi connectivity index (χ0) is 26.0. The van der Waals surface area contributed by atoms with Gasteiger partial charge in [-0.1, -0.05) is 42.0 Å². The van der Waals surface area contributed by atoms with Crippen LogP contribution in [0.4, 0.5) is 10.5 Å². The number of ether oxygens (including phenoxy) is 2. The number of rotatable bonds is 6. The number of amides is 4. The van der Waals surface area contributed by atoms with Crippen molar-refractivity contribution in [3.63, 3.8) is 0 Å². The predicted molar refractivity (Wildman–Crippen MR) is 141 cm³/mol. The van der Waals surface area contributed by atoms with Crippen molar-refractivity contribution in [3.05, 3.63) is 92.5 Å². The van der Waals surface area contributed by atoms with E-state index in [-0.39, 0.29) is 5.57 Å². The molecule has 0 saturated carbocycles. The van der Waals surface area contributed by atoms with E-state index in [1.807, 2.05) is 50.2 Å². The third kappa shape index (κ3) is 5.18. The smallest absolute Gasteiger partial charge is 0.335 e. The molecule has 0 atom stereocenters. The second kappa shape index (κ2) is 10.4. The first-order valence-electron chi connectivity index (χ1n) is 11.2. The predicted octanol–water partition coefficient (Wildman–Crippen LogP) is 5.63. The summed E-state index contributed by atoms with van der Waals surface area (Å²) in [6, 6.07) is 16.0. The van der Waals surface area contributed by atoms with Crippen molar-refractivity contribution in [1.82, 2.24) is 5.32 Å². The van der Waals surface area contributed by atoms with E-state index >= 15 is 0 Å². The fourth-order valence-corrected chi connectivity index (χ4v) is 4.50. The molecule has 3 aromatic carbocycles. The van der Waals surface area contributed by atoms with Gasteiger partial charge in [0.1, 0.15) is 12.2 Å². The molecule has 3 aromatic rings. The van der Waals surface area contributed by atoms with Gasteiger partial charge in [0.2, 0.25) is 0 Å². The van der Waals surface area contributed by atoms with Gasteiger partial charge in [-0.2, -0.15) is 0 Å². The number of carbonyl (C=O) groups excluding carboxylic acids is 3. The zero-order valence-electron chi connectivity index (χ0n) is 20.3. The molecule has 0 aromatic heterocycles. The van der Waals surface area contributed by atoms with Crippen LogP contribution < -0.4 is 19.7 Å². The lowest BCUT2D eigenvalue weighted by Crippen LogP contribution is -2.54. The summed E-state index contributed by atoms with van der Waals surface area (Å²) in [6.45, 7) is 6.01. The minimum absolute atomic E-state index is 0.169. The lowest BCUT2D eigenvalue weighted by Gasteiger charge is -2.27. The van der Waals surface area contributed by atoms with E-state index in [1.54, 1.807) is 25.1 Å². The van der Waals surface area contributed by atoms with Crippen LogP contribution in [0.25, 0.3) is 6.08 Å². The summed E-state index contributed by atoms with van der Waals surface area (Å²) in [5.74, 6) is -0.545. The average molecular weight is 549 g/mol. The molecule has 4 amide bonds. The van der Waals surface area contributed by atoms with Crippen LogP contribution in [-0.4, -0.2) is 25.0 Å². The quantitative estimate of drug-likeness (QED) is 0.318. The highest BCUT2D eigenvalue weighted by molar-refractivity contribution is 9.10. The first kappa shape index (κ1) is 25.2. The maximum atomic E-state index is 13.3. The fraction of sp³-hybridized carbons (Fsp3) is 0.179. The molecule has 1 N–H and O–H groups in total. The van der Waals surface area contributed by atoms with Crippen molar-refractivity contribution in [2.75, 3.05) is 12.0 Å². The molecule has 4 rings (SSSR count). The Morgan fingerprint density at radius 1 is 0.972 bits per heavy atom. The van der Waals surface area contributed by atoms with Crippen molar-refractivity contribution in [3.8, 4) is 11.5 Å². The maximum Gasteiger partial charge on any atom is 0.335 e. The van der Waals surface area contributed by atoms with E-state index in [0.717, 1.165) is 27.2 Å². The van der Waals surface area contributed by atoms with Crippen LogP contribution in [0, 0.1) is 20.8 Å². The second-order valence-corrected chi connectivity index (χ2v) is 9.41. The molecule has 0 unspecified atom stereocenters. The number of methoxy groups -OCH3 is 1. The number of benzene rings is 3. The molecule has 7 nitrogen and oxygen atoms in total. The van der Waals surface area contributed by atoms with E-state index in [1.165, 1.54) is 13.2 Å². The van der Waals surface area contributed by atoms with Crippen molar-refractivity contribution in [2.24, 2.45) is 0 Å². The number of halogens is 1. The number of barbiturate groups is 1. The normalized spacial score (nSPS) is 14.8. The topological polar surface area (TPSA) is 84.9 Å². The third-order valence-electron chi connectivity index (χ3n) is 5.74. The molecular formula is C28H25BrN2O5. The molecule has 1 aliphatic rings. The number of nitrogens with one attached hydrogen (secondary N) is 1. The Balaban J connectivity index is 1.66. The summed E-state index contributed by atoms with van der Waals surface area (Å²) in [5, 5.41) is 2.26. The van der Waals surface area contributed by atoms with Gasteiger partial charge in [-0.15, -0.1) is 0 Å². The van der Waals surface area contributed by atoms with Gasteiger partial charge in [0, 0.05) is 0 Å². The number of urea groups is 1. The van der Waals surface area contributed by atoms with Gasteiger partial charge >= 0.3 is 6.03 Å². The monoisotopic (exact) mass is 548 g/mol. The van der Waals surface area contributed by atoms with E-state index in [2.05, 4.69) is 21.2 Å². The summed E-state index contributed by atoms with van der Waals surface area (Å²) in [4.78, 5) is 39.5. The van der Waals surface area contributed by atoms with Gasteiger partial charge in [-0.25, -0.2) is 9.69 Å². The standard InChI is InChI=1S/C28H25BrN2O5/c1-16-6-5-7-19(10-16)15-36-25-22(29)13-20(14-24(25)35-4)12-21-26(32)30-28(34)31(27(21)33)23-11-17(2)8-9-18(23)3/h5-14H,15H2,1-4H3,(H,30,32,34)/b21-12+. The number of hydrogen-bond donors (Lipinski definition) is 1. The molecule has 36 heavy (non-hydrogen) atoms. The van der Waals surface area contributed by atoms with Crippen LogP contribution in [0.3, 0.4) is 0 Å². The van der Waals surface area contributed by atoms with Crippen LogP contribution in [-0.2, 0) is 16.2 Å². The maximum absolute atomic E-state index is 13.3. The van der Waals surface area contributed by atoms with Crippen LogP contribution in [0.5, 0.6) is 11.5 Å². The Labute approximate surface area is 217 Å². The minimum Gasteiger partial charge on any atom is -0.493 e. The number of hydrogen-bond acceptors (Lipinski definition) is 5. The van der Waals surface area contributed by atoms with E-state index in [0.29, 0.717) is 33.8 Å². The SMILES string of the molecule is COc1cc(/C=C2\C(=O)NC(=O)N(c3cc(C)ccc3C)C2=O)cc(Br)c1OCc1cccc(C)c1. The fourth-order valence-electron chi connectivity index (χ4n) is 3.92. The molecule has 0 spiro atoms. The Bertz CT molecular complexity index is 1410. The molecule has 0 radical (unpaired) electrons. The van der Waals surface area contributed by atoms with Gasteiger partial charge in [-0.3, -0.25) is 14.9 Å². The number of aryl methyl sites for hydroxylation is 3. The van der Waals surface area contributed by atoms with Crippen LogP contribution in [0.15, 0.2) is 64.6 Å². The summed E-state index contributed by atoms with van der Waals surface area (Å²) in [7, 11) is 1.51. The van der Waals surface area contributed by atoms with E-state index < -0.39 is 17.8 Å². The summed E-state index contributed by atoms with van der Waals surface area (Å²) in [6.07, 6.45) is 1.43. The zero-order valence-corrected chi connectivity index (χ0v) is 21.9. The van der Waals surface area contributed by atoms with Gasteiger partial charge in [-0.05, 0) is 83.2 Å². The number of nitrogens with zero attached hydrogens (tertiary/aromatic N) is 1. The van der Waals surface area contributed by atoms with E-state index in [9.17, 15) is 14.4 Å². The van der Waals surface area contributed by atoms with Crippen molar-refractivity contribution in [1.29, 1.82) is 0 Å². The number of anilines is 1. The lowest BCUT2D eigenvalue weighted by molar-refractivity contribution is -0.122. The highest BCUT2D eigenvalue weighted by atomic mass is 79.9. The van der Waals surface area contributed by atoms with Gasteiger partial charge in [0.15, 0.2) is 11.5 Å². The first-order chi connectivity index (χ1) is 17.2. The molecule has 0 bridgehead atoms. The molecule has 1 aliphatic heterocycles. The van der Waals surface area contributed by atoms with Gasteiger partial charge < -0.3 is 9.47 Å². The molecule has 1 saturated heterocycles. The van der Waals surface area contributed by atoms with E-state index in [4.69, 9.17) is 9.47 Å². The summed E-state index contributed by atoms with van der Waals surface area (Å²) < 4.78 is 12.1. The second-order valence-electron chi connectivity index (χ2n) is 8.56. The molecule has 1 heterocycles. The van der Waals surface area contributed by atoms with Crippen molar-refractivity contribution in [2.45, 2.75) is 27.4 Å². The van der Waals surface area contributed by atoms with Gasteiger partial charge in [0.05, 0.1) is 17.3 Å². The largest absolute Gasteiger partial charge is 0.493 e. The molecule has 184 valence electrons. The lowest BCUT2D eigenvalue weighted by atomic mass is 10.0. The third-order valence-corrected chi connectivity index (χ3v) is 6.32. The summed E-state index contributed by atoms with van der Waals surface area (Å²) >= 11 is 3.51. The number of imide groups is 2. The Morgan fingerprint density at radius 2 is 1.72 bits per heavy atom. The summed E-state index contributed by atoms with van der Waals surface area (Å²) in [5.41, 5.74) is 4.54. The highest BCUT2D eigenvalue weighted by Gasteiger charge is 2.37. The van der Waals surface area contributed by atoms with Crippen molar-refractivity contribution < 1.29 is 23.9 Å². The first-order valence-corrected chi connectivity index (χ1v) is 12.0. The van der Waals surface area contributed by atoms with Crippen LogP contribution >= 0.6 is 15.9 Å². The van der Waals surface area contributed by atoms with Crippen molar-refractivity contribution >= 4 is 45.5 Å². The Kier molecular flexibility index (Phi) is 7.26. The highest BCUT2D eigenvalue weighted by Crippen LogP contribution is 2.38. The minimum atomic E-state index is -0.783. The Morgan fingerprint density at radius 3 is 2.44 bits per heavy atom. The molecule has 1 fully saturated rings. The molecule has 0 aliphatic carbocycles. The van der Waals surface area contributed by atoms with Gasteiger partial charge in [0.25, 0.3) is 11.8 Å². The Hall–Kier alpha value is -3.91. The molecule has 8 heteroatoms. The van der Waals surface area contributed by atoms with Crippen LogP contribution in [0.1, 0.15) is 27.8 Å². The van der Waals surface area contributed by atoms with Crippen LogP contribution in [0.2, 0.25) is 0 Å². The number of carbonyl (C=O) groups is 3. The average Bonchev–Trinajstić information content (AvgIpc) is 2.83. The molecular weight excluding hydrogens is 524 g/mol.